The van der Waals surface area contributed by atoms with Crippen LogP contribution in [-0.4, -0.2) is 15.6 Å². The van der Waals surface area contributed by atoms with Gasteiger partial charge in [-0.3, -0.25) is 4.57 Å². The van der Waals surface area contributed by atoms with E-state index in [9.17, 15) is 9.59 Å². The van der Waals surface area contributed by atoms with Gasteiger partial charge in [-0.05, 0) is 60.7 Å². The summed E-state index contributed by atoms with van der Waals surface area (Å²) in [4.78, 5) is 28.3. The van der Waals surface area contributed by atoms with Gasteiger partial charge in [-0.1, -0.05) is 40.2 Å². The molecule has 0 atom stereocenters. The van der Waals surface area contributed by atoms with Crippen molar-refractivity contribution < 1.29 is 4.79 Å². The molecule has 1 fully saturated rings. The maximum Gasteiger partial charge on any atom is 0.347 e. The third-order valence-corrected chi connectivity index (χ3v) is 5.81. The second-order valence-electron chi connectivity index (χ2n) is 7.25. The van der Waals surface area contributed by atoms with E-state index in [0.717, 1.165) is 34.9 Å². The molecule has 148 valence electrons. The van der Waals surface area contributed by atoms with Crippen molar-refractivity contribution in [2.75, 3.05) is 5.32 Å². The van der Waals surface area contributed by atoms with Gasteiger partial charge in [0.25, 0.3) is 0 Å². The van der Waals surface area contributed by atoms with Gasteiger partial charge in [-0.15, -0.1) is 0 Å². The lowest BCUT2D eigenvalue weighted by molar-refractivity contribution is 0.185. The Morgan fingerprint density at radius 2 is 1.93 bits per heavy atom. The number of anilines is 1. The molecule has 29 heavy (non-hydrogen) atoms. The van der Waals surface area contributed by atoms with E-state index in [0.29, 0.717) is 12.2 Å². The fourth-order valence-electron chi connectivity index (χ4n) is 3.62. The SMILES string of the molecule is O=C(Nc1cccc(Cn2cccnc2=O)c1)NC1(c2ccc(Br)cc2)CCC1. The van der Waals surface area contributed by atoms with Gasteiger partial charge in [0.1, 0.15) is 0 Å². The molecule has 4 rings (SSSR count). The van der Waals surface area contributed by atoms with Crippen LogP contribution in [0.1, 0.15) is 30.4 Å². The Balaban J connectivity index is 1.45. The number of rotatable bonds is 5. The van der Waals surface area contributed by atoms with Gasteiger partial charge in [0.2, 0.25) is 0 Å². The van der Waals surface area contributed by atoms with E-state index in [1.165, 1.54) is 10.8 Å². The number of benzene rings is 2. The summed E-state index contributed by atoms with van der Waals surface area (Å²) in [6.07, 6.45) is 6.10. The van der Waals surface area contributed by atoms with Crippen LogP contribution in [0.3, 0.4) is 0 Å². The number of aromatic nitrogens is 2. The van der Waals surface area contributed by atoms with Crippen LogP contribution < -0.4 is 16.3 Å². The van der Waals surface area contributed by atoms with Gasteiger partial charge in [0.15, 0.2) is 0 Å². The number of carbonyl (C=O) groups excluding carboxylic acids is 1. The number of halogens is 1. The van der Waals surface area contributed by atoms with Crippen molar-refractivity contribution in [2.45, 2.75) is 31.3 Å². The summed E-state index contributed by atoms with van der Waals surface area (Å²) in [5, 5.41) is 6.09. The Hall–Kier alpha value is -2.93. The maximum atomic E-state index is 12.7. The predicted octanol–water partition coefficient (Wildman–Crippen LogP) is 4.26. The molecule has 6 nitrogen and oxygen atoms in total. The van der Waals surface area contributed by atoms with Crippen molar-refractivity contribution in [3.63, 3.8) is 0 Å². The van der Waals surface area contributed by atoms with Crippen molar-refractivity contribution in [2.24, 2.45) is 0 Å². The quantitative estimate of drug-likeness (QED) is 0.607. The van der Waals surface area contributed by atoms with Gasteiger partial charge in [-0.25, -0.2) is 14.6 Å². The molecule has 1 heterocycles. The van der Waals surface area contributed by atoms with Crippen LogP contribution in [0, 0.1) is 0 Å². The third-order valence-electron chi connectivity index (χ3n) is 5.28. The second kappa shape index (κ2) is 8.21. The van der Waals surface area contributed by atoms with Gasteiger partial charge < -0.3 is 10.6 Å². The Bertz CT molecular complexity index is 1070. The van der Waals surface area contributed by atoms with E-state index in [-0.39, 0.29) is 17.3 Å². The molecule has 3 aromatic rings. The third kappa shape index (κ3) is 4.40. The van der Waals surface area contributed by atoms with Crippen LogP contribution in [0.5, 0.6) is 0 Å². The highest BCUT2D eigenvalue weighted by atomic mass is 79.9. The van der Waals surface area contributed by atoms with Crippen LogP contribution >= 0.6 is 15.9 Å². The normalized spacial score (nSPS) is 14.7. The Morgan fingerprint density at radius 1 is 1.14 bits per heavy atom. The number of hydrogen-bond acceptors (Lipinski definition) is 3. The summed E-state index contributed by atoms with van der Waals surface area (Å²) < 4.78 is 2.54. The largest absolute Gasteiger partial charge is 0.347 e. The molecule has 7 heteroatoms. The smallest absolute Gasteiger partial charge is 0.328 e. The number of amides is 2. The molecule has 1 saturated carbocycles. The van der Waals surface area contributed by atoms with Crippen LogP contribution in [0.15, 0.2) is 76.3 Å². The highest BCUT2D eigenvalue weighted by Crippen LogP contribution is 2.41. The number of urea groups is 1. The molecule has 0 unspecified atom stereocenters. The monoisotopic (exact) mass is 452 g/mol. The predicted molar refractivity (Wildman–Crippen MR) is 116 cm³/mol. The summed E-state index contributed by atoms with van der Waals surface area (Å²) in [6.45, 7) is 0.395. The van der Waals surface area contributed by atoms with E-state index in [2.05, 4.69) is 43.7 Å². The summed E-state index contributed by atoms with van der Waals surface area (Å²) in [7, 11) is 0. The number of carbonyl (C=O) groups is 1. The molecular weight excluding hydrogens is 432 g/mol. The maximum absolute atomic E-state index is 12.7. The lowest BCUT2D eigenvalue weighted by atomic mass is 9.72. The van der Waals surface area contributed by atoms with Crippen molar-refractivity contribution in [1.82, 2.24) is 14.9 Å². The van der Waals surface area contributed by atoms with Crippen molar-refractivity contribution in [1.29, 1.82) is 0 Å². The lowest BCUT2D eigenvalue weighted by Gasteiger charge is -2.43. The first kappa shape index (κ1) is 19.4. The first-order valence-corrected chi connectivity index (χ1v) is 10.3. The van der Waals surface area contributed by atoms with Crippen LogP contribution in [0.25, 0.3) is 0 Å². The average Bonchev–Trinajstić information content (AvgIpc) is 2.68. The minimum absolute atomic E-state index is 0.233. The highest BCUT2D eigenvalue weighted by molar-refractivity contribution is 9.10. The molecule has 1 aromatic heterocycles. The first-order chi connectivity index (χ1) is 14.0. The highest BCUT2D eigenvalue weighted by Gasteiger charge is 2.40. The van der Waals surface area contributed by atoms with Gasteiger partial charge in [0.05, 0.1) is 12.1 Å². The topological polar surface area (TPSA) is 76.0 Å². The van der Waals surface area contributed by atoms with E-state index < -0.39 is 0 Å². The van der Waals surface area contributed by atoms with Crippen LogP contribution in [0.2, 0.25) is 0 Å². The summed E-state index contributed by atoms with van der Waals surface area (Å²) in [5.41, 5.74) is 2.09. The van der Waals surface area contributed by atoms with E-state index >= 15 is 0 Å². The summed E-state index contributed by atoms with van der Waals surface area (Å²) in [5.74, 6) is 0. The lowest BCUT2D eigenvalue weighted by Crippen LogP contribution is -2.52. The fraction of sp³-hybridized carbons (Fsp3) is 0.227. The molecule has 2 amide bonds. The van der Waals surface area contributed by atoms with Crippen molar-refractivity contribution >= 4 is 27.6 Å². The zero-order valence-corrected chi connectivity index (χ0v) is 17.4. The fourth-order valence-corrected chi connectivity index (χ4v) is 3.88. The molecule has 0 spiro atoms. The Morgan fingerprint density at radius 3 is 2.62 bits per heavy atom. The summed E-state index contributed by atoms with van der Waals surface area (Å²) in [6, 6.07) is 17.1. The van der Waals surface area contributed by atoms with Crippen LogP contribution in [-0.2, 0) is 12.1 Å². The average molecular weight is 453 g/mol. The van der Waals surface area contributed by atoms with E-state index in [1.54, 1.807) is 12.3 Å². The van der Waals surface area contributed by atoms with Gasteiger partial charge in [0, 0.05) is 22.6 Å². The molecule has 1 aliphatic rings. The van der Waals surface area contributed by atoms with Crippen molar-refractivity contribution in [3.05, 3.63) is 93.1 Å². The molecule has 0 bridgehead atoms. The molecule has 1 aliphatic carbocycles. The second-order valence-corrected chi connectivity index (χ2v) is 8.17. The molecule has 0 radical (unpaired) electrons. The van der Waals surface area contributed by atoms with Crippen LogP contribution in [0.4, 0.5) is 10.5 Å². The molecule has 2 N–H and O–H groups in total. The zero-order valence-electron chi connectivity index (χ0n) is 15.8. The Kier molecular flexibility index (Phi) is 5.49. The van der Waals surface area contributed by atoms with E-state index in [4.69, 9.17) is 0 Å². The van der Waals surface area contributed by atoms with Crippen molar-refractivity contribution in [3.8, 4) is 0 Å². The standard InChI is InChI=1S/C22H21BrN4O2/c23-18-8-6-17(7-9-18)22(10-2-11-22)26-20(28)25-19-5-1-4-16(14-19)15-27-13-3-12-24-21(27)29/h1,3-9,12-14H,2,10-11,15H2,(H2,25,26,28). The van der Waals surface area contributed by atoms with Gasteiger partial charge >= 0.3 is 11.7 Å². The van der Waals surface area contributed by atoms with Gasteiger partial charge in [-0.2, -0.15) is 0 Å². The summed E-state index contributed by atoms with van der Waals surface area (Å²) >= 11 is 3.46. The number of nitrogens with one attached hydrogen (secondary N) is 2. The molecule has 2 aromatic carbocycles. The molecule has 0 aliphatic heterocycles. The minimum atomic E-state index is -0.314. The number of nitrogens with zero attached hydrogens (tertiary/aromatic N) is 2. The van der Waals surface area contributed by atoms with E-state index in [1.807, 2.05) is 36.4 Å². The molecule has 0 saturated heterocycles. The first-order valence-electron chi connectivity index (χ1n) is 9.50. The number of hydrogen-bond donors (Lipinski definition) is 2. The minimum Gasteiger partial charge on any atom is -0.328 e. The zero-order chi connectivity index (χ0) is 20.3. The Labute approximate surface area is 177 Å². The molecular formula is C22H21BrN4O2.